The highest BCUT2D eigenvalue weighted by molar-refractivity contribution is 5.90. The molecule has 0 radical (unpaired) electrons. The molecule has 0 heterocycles. The zero-order valence-electron chi connectivity index (χ0n) is 10.2. The lowest BCUT2D eigenvalue weighted by Gasteiger charge is -2.20. The highest BCUT2D eigenvalue weighted by Gasteiger charge is 2.11. The van der Waals surface area contributed by atoms with Crippen LogP contribution in [0.2, 0.25) is 0 Å². The maximum Gasteiger partial charge on any atom is 0.321 e. The number of rotatable bonds is 4. The number of amides is 2. The Hall–Kier alpha value is -1.62. The van der Waals surface area contributed by atoms with Crippen LogP contribution in [0, 0.1) is 5.82 Å². The number of carbonyl (C=O) groups is 1. The molecule has 0 fully saturated rings. The molecule has 0 bridgehead atoms. The van der Waals surface area contributed by atoms with Gasteiger partial charge in [0.15, 0.2) is 0 Å². The summed E-state index contributed by atoms with van der Waals surface area (Å²) >= 11 is 0. The molecule has 0 aliphatic rings. The number of nitrogens with one attached hydrogen (secondary N) is 1. The molecule has 0 aliphatic carbocycles. The van der Waals surface area contributed by atoms with Gasteiger partial charge >= 0.3 is 6.03 Å². The minimum absolute atomic E-state index is 0.186. The number of nitrogens with two attached hydrogens (primary N) is 1. The highest BCUT2D eigenvalue weighted by atomic mass is 19.1. The standard InChI is InChI=1S/C12H18FN3O/c1-3-16(4-2)12(17)15-11-6-5-10(13)7-9(11)8-14/h5-7H,3-4,8,14H2,1-2H3,(H,15,17). The number of hydrogen-bond donors (Lipinski definition) is 2. The van der Waals surface area contributed by atoms with Crippen LogP contribution in [0.3, 0.4) is 0 Å². The third-order valence-electron chi connectivity index (χ3n) is 2.58. The van der Waals surface area contributed by atoms with Gasteiger partial charge in [0.25, 0.3) is 0 Å². The molecule has 17 heavy (non-hydrogen) atoms. The summed E-state index contributed by atoms with van der Waals surface area (Å²) in [6.45, 7) is 5.24. The van der Waals surface area contributed by atoms with E-state index in [1.54, 1.807) is 4.90 Å². The van der Waals surface area contributed by atoms with E-state index in [9.17, 15) is 9.18 Å². The van der Waals surface area contributed by atoms with Gasteiger partial charge in [0, 0.05) is 25.3 Å². The number of urea groups is 1. The molecule has 2 amide bonds. The van der Waals surface area contributed by atoms with Crippen LogP contribution >= 0.6 is 0 Å². The number of halogens is 1. The van der Waals surface area contributed by atoms with E-state index in [0.717, 1.165) is 0 Å². The fraction of sp³-hybridized carbons (Fsp3) is 0.417. The quantitative estimate of drug-likeness (QED) is 0.845. The van der Waals surface area contributed by atoms with Crippen molar-refractivity contribution >= 4 is 11.7 Å². The molecule has 1 aromatic rings. The summed E-state index contributed by atoms with van der Waals surface area (Å²) in [6, 6.07) is 3.96. The van der Waals surface area contributed by atoms with Crippen LogP contribution in [0.15, 0.2) is 18.2 Å². The van der Waals surface area contributed by atoms with E-state index in [0.29, 0.717) is 24.3 Å². The van der Waals surface area contributed by atoms with E-state index in [2.05, 4.69) is 5.32 Å². The fourth-order valence-electron chi connectivity index (χ4n) is 1.56. The maximum absolute atomic E-state index is 13.0. The molecule has 5 heteroatoms. The topological polar surface area (TPSA) is 58.4 Å². The third kappa shape index (κ3) is 3.42. The molecule has 0 saturated carbocycles. The van der Waals surface area contributed by atoms with Gasteiger partial charge in [-0.2, -0.15) is 0 Å². The number of benzene rings is 1. The van der Waals surface area contributed by atoms with E-state index in [1.165, 1.54) is 18.2 Å². The van der Waals surface area contributed by atoms with Gasteiger partial charge in [-0.1, -0.05) is 0 Å². The molecule has 94 valence electrons. The Bertz CT molecular complexity index is 391. The Kier molecular flexibility index (Phi) is 4.90. The number of anilines is 1. The van der Waals surface area contributed by atoms with Gasteiger partial charge in [-0.05, 0) is 37.6 Å². The molecule has 0 saturated heterocycles. The fourth-order valence-corrected chi connectivity index (χ4v) is 1.56. The van der Waals surface area contributed by atoms with Gasteiger partial charge in [0.1, 0.15) is 5.82 Å². The van der Waals surface area contributed by atoms with Gasteiger partial charge in [-0.25, -0.2) is 9.18 Å². The Morgan fingerprint density at radius 2 is 2.06 bits per heavy atom. The molecule has 1 rings (SSSR count). The first-order chi connectivity index (χ1) is 8.12. The van der Waals surface area contributed by atoms with Gasteiger partial charge < -0.3 is 16.0 Å². The lowest BCUT2D eigenvalue weighted by Crippen LogP contribution is -2.34. The molecular formula is C12H18FN3O. The summed E-state index contributed by atoms with van der Waals surface area (Å²) in [5.41, 5.74) is 6.65. The van der Waals surface area contributed by atoms with Crippen LogP contribution in [0.4, 0.5) is 14.9 Å². The normalized spacial score (nSPS) is 10.1. The number of carbonyl (C=O) groups excluding carboxylic acids is 1. The minimum Gasteiger partial charge on any atom is -0.326 e. The van der Waals surface area contributed by atoms with Crippen LogP contribution < -0.4 is 11.1 Å². The predicted molar refractivity (Wildman–Crippen MR) is 66.2 cm³/mol. The van der Waals surface area contributed by atoms with Gasteiger partial charge in [0.05, 0.1) is 0 Å². The van der Waals surface area contributed by atoms with E-state index in [4.69, 9.17) is 5.73 Å². The van der Waals surface area contributed by atoms with Crippen molar-refractivity contribution in [3.63, 3.8) is 0 Å². The molecule has 0 aliphatic heterocycles. The molecule has 3 N–H and O–H groups in total. The van der Waals surface area contributed by atoms with Crippen LogP contribution in [-0.4, -0.2) is 24.0 Å². The van der Waals surface area contributed by atoms with Crippen LogP contribution in [0.1, 0.15) is 19.4 Å². The van der Waals surface area contributed by atoms with Crippen LogP contribution in [0.5, 0.6) is 0 Å². The lowest BCUT2D eigenvalue weighted by atomic mass is 10.1. The summed E-state index contributed by atoms with van der Waals surface area (Å²) in [7, 11) is 0. The molecule has 0 atom stereocenters. The van der Waals surface area contributed by atoms with Crippen molar-refractivity contribution in [3.8, 4) is 0 Å². The lowest BCUT2D eigenvalue weighted by molar-refractivity contribution is 0.217. The van der Waals surface area contributed by atoms with Crippen molar-refractivity contribution in [3.05, 3.63) is 29.6 Å². The van der Waals surface area contributed by atoms with E-state index < -0.39 is 0 Å². The average molecular weight is 239 g/mol. The SMILES string of the molecule is CCN(CC)C(=O)Nc1ccc(F)cc1CN. The second-order valence-corrected chi connectivity index (χ2v) is 3.61. The summed E-state index contributed by atoms with van der Waals surface area (Å²) in [5, 5.41) is 2.73. The van der Waals surface area contributed by atoms with E-state index >= 15 is 0 Å². The second kappa shape index (κ2) is 6.20. The van der Waals surface area contributed by atoms with E-state index in [1.807, 2.05) is 13.8 Å². The van der Waals surface area contributed by atoms with Gasteiger partial charge in [-0.3, -0.25) is 0 Å². The Labute approximate surface area is 101 Å². The predicted octanol–water partition coefficient (Wildman–Crippen LogP) is 2.16. The largest absolute Gasteiger partial charge is 0.326 e. The first-order valence-electron chi connectivity index (χ1n) is 5.66. The number of hydrogen-bond acceptors (Lipinski definition) is 2. The highest BCUT2D eigenvalue weighted by Crippen LogP contribution is 2.16. The van der Waals surface area contributed by atoms with Crippen molar-refractivity contribution < 1.29 is 9.18 Å². The zero-order chi connectivity index (χ0) is 12.8. The Balaban J connectivity index is 2.84. The van der Waals surface area contributed by atoms with Crippen molar-refractivity contribution in [2.75, 3.05) is 18.4 Å². The smallest absolute Gasteiger partial charge is 0.321 e. The Morgan fingerprint density at radius 1 is 1.41 bits per heavy atom. The van der Waals surface area contributed by atoms with Crippen molar-refractivity contribution in [2.45, 2.75) is 20.4 Å². The molecular weight excluding hydrogens is 221 g/mol. The minimum atomic E-state index is -0.355. The first-order valence-corrected chi connectivity index (χ1v) is 5.66. The summed E-state index contributed by atoms with van der Waals surface area (Å²) in [6.07, 6.45) is 0. The molecule has 0 unspecified atom stereocenters. The second-order valence-electron chi connectivity index (χ2n) is 3.61. The molecule has 0 aromatic heterocycles. The molecule has 0 spiro atoms. The summed E-state index contributed by atoms with van der Waals surface area (Å²) < 4.78 is 13.0. The van der Waals surface area contributed by atoms with Crippen LogP contribution in [-0.2, 0) is 6.54 Å². The third-order valence-corrected chi connectivity index (χ3v) is 2.58. The van der Waals surface area contributed by atoms with E-state index in [-0.39, 0.29) is 18.4 Å². The number of nitrogens with zero attached hydrogens (tertiary/aromatic N) is 1. The first kappa shape index (κ1) is 13.4. The average Bonchev–Trinajstić information content (AvgIpc) is 2.33. The van der Waals surface area contributed by atoms with Crippen molar-refractivity contribution in [1.29, 1.82) is 0 Å². The van der Waals surface area contributed by atoms with Crippen LogP contribution in [0.25, 0.3) is 0 Å². The summed E-state index contributed by atoms with van der Waals surface area (Å²) in [5.74, 6) is -0.355. The maximum atomic E-state index is 13.0. The molecule has 4 nitrogen and oxygen atoms in total. The van der Waals surface area contributed by atoms with Crippen molar-refractivity contribution in [1.82, 2.24) is 4.90 Å². The summed E-state index contributed by atoms with van der Waals surface area (Å²) in [4.78, 5) is 13.5. The van der Waals surface area contributed by atoms with Crippen molar-refractivity contribution in [2.24, 2.45) is 5.73 Å². The Morgan fingerprint density at radius 3 is 2.59 bits per heavy atom. The van der Waals surface area contributed by atoms with Gasteiger partial charge in [0.2, 0.25) is 0 Å². The monoisotopic (exact) mass is 239 g/mol. The van der Waals surface area contributed by atoms with Gasteiger partial charge in [-0.15, -0.1) is 0 Å². The zero-order valence-corrected chi connectivity index (χ0v) is 10.2. The molecule has 1 aromatic carbocycles.